The van der Waals surface area contributed by atoms with Gasteiger partial charge in [0.2, 0.25) is 0 Å². The molecule has 0 spiro atoms. The number of nitrogens with two attached hydrogens (primary N) is 1. The zero-order valence-electron chi connectivity index (χ0n) is 10.3. The second-order valence-electron chi connectivity index (χ2n) is 3.34. The van der Waals surface area contributed by atoms with Crippen LogP contribution in [0.4, 0.5) is 5.69 Å². The third-order valence-corrected chi connectivity index (χ3v) is 2.07. The Labute approximate surface area is 105 Å². The number of nitrogen functional groups attached to an aromatic ring is 1. The maximum atomic E-state index is 11.7. The van der Waals surface area contributed by atoms with Gasteiger partial charge in [-0.2, -0.15) is 0 Å². The summed E-state index contributed by atoms with van der Waals surface area (Å²) < 4.78 is 14.4. The smallest absolute Gasteiger partial charge is 0.344 e. The van der Waals surface area contributed by atoms with Gasteiger partial charge in [0.1, 0.15) is 11.3 Å². The summed E-state index contributed by atoms with van der Waals surface area (Å²) in [5, 5.41) is 0. The molecule has 0 saturated carbocycles. The number of carbonyl (C=O) groups excluding carboxylic acids is 2. The van der Waals surface area contributed by atoms with Gasteiger partial charge >= 0.3 is 11.9 Å². The fraction of sp³-hybridized carbons (Fsp3) is 0.333. The van der Waals surface area contributed by atoms with Crippen molar-refractivity contribution in [3.8, 4) is 5.75 Å². The van der Waals surface area contributed by atoms with Gasteiger partial charge in [0.05, 0.1) is 13.7 Å². The number of anilines is 1. The molecule has 0 fully saturated rings. The van der Waals surface area contributed by atoms with E-state index in [-0.39, 0.29) is 12.2 Å². The molecule has 6 heteroatoms. The Bertz CT molecular complexity index is 444. The summed E-state index contributed by atoms with van der Waals surface area (Å²) in [6, 6.07) is 4.57. The second kappa shape index (κ2) is 6.48. The van der Waals surface area contributed by atoms with E-state index in [1.165, 1.54) is 13.2 Å². The molecule has 0 saturated heterocycles. The Morgan fingerprint density at radius 1 is 1.28 bits per heavy atom. The molecule has 2 N–H and O–H groups in total. The van der Waals surface area contributed by atoms with Crippen LogP contribution < -0.4 is 10.5 Å². The van der Waals surface area contributed by atoms with Crippen LogP contribution in [0.3, 0.4) is 0 Å². The number of esters is 2. The molecule has 0 aromatic heterocycles. The van der Waals surface area contributed by atoms with Crippen LogP contribution in [0.25, 0.3) is 0 Å². The molecular weight excluding hydrogens is 238 g/mol. The van der Waals surface area contributed by atoms with Gasteiger partial charge in [-0.1, -0.05) is 0 Å². The number of methoxy groups -OCH3 is 1. The Morgan fingerprint density at radius 2 is 2.00 bits per heavy atom. The van der Waals surface area contributed by atoms with E-state index in [9.17, 15) is 9.59 Å². The van der Waals surface area contributed by atoms with Crippen molar-refractivity contribution in [2.75, 3.05) is 26.1 Å². The Hall–Kier alpha value is -2.24. The summed E-state index contributed by atoms with van der Waals surface area (Å²) in [5.41, 5.74) is 6.14. The number of carbonyl (C=O) groups is 2. The van der Waals surface area contributed by atoms with Crippen LogP contribution >= 0.6 is 0 Å². The highest BCUT2D eigenvalue weighted by molar-refractivity contribution is 5.94. The van der Waals surface area contributed by atoms with Gasteiger partial charge in [0.15, 0.2) is 6.61 Å². The molecular formula is C12H15NO5. The topological polar surface area (TPSA) is 87.9 Å². The van der Waals surface area contributed by atoms with E-state index in [1.807, 2.05) is 0 Å². The van der Waals surface area contributed by atoms with Crippen molar-refractivity contribution < 1.29 is 23.8 Å². The molecule has 6 nitrogen and oxygen atoms in total. The van der Waals surface area contributed by atoms with Crippen LogP contribution in [0.5, 0.6) is 5.75 Å². The monoisotopic (exact) mass is 253 g/mol. The predicted octanol–water partition coefficient (Wildman–Crippen LogP) is 0.997. The minimum absolute atomic E-state index is 0.168. The van der Waals surface area contributed by atoms with Gasteiger partial charge in [0.25, 0.3) is 0 Å². The number of hydrogen-bond donors (Lipinski definition) is 1. The molecule has 98 valence electrons. The Kier molecular flexibility index (Phi) is 4.98. The lowest BCUT2D eigenvalue weighted by Crippen LogP contribution is -2.17. The molecule has 1 aromatic carbocycles. The van der Waals surface area contributed by atoms with Crippen LogP contribution in [0.2, 0.25) is 0 Å². The van der Waals surface area contributed by atoms with Gasteiger partial charge in [0, 0.05) is 5.69 Å². The molecule has 0 radical (unpaired) electrons. The predicted molar refractivity (Wildman–Crippen MR) is 64.3 cm³/mol. The van der Waals surface area contributed by atoms with Crippen molar-refractivity contribution in [2.45, 2.75) is 6.92 Å². The lowest BCUT2D eigenvalue weighted by atomic mass is 10.2. The number of hydrogen-bond acceptors (Lipinski definition) is 6. The number of ether oxygens (including phenoxy) is 3. The molecule has 0 heterocycles. The lowest BCUT2D eigenvalue weighted by molar-refractivity contribution is -0.146. The molecule has 0 aliphatic carbocycles. The maximum absolute atomic E-state index is 11.7. The fourth-order valence-electron chi connectivity index (χ4n) is 1.29. The standard InChI is InChI=1S/C12H15NO5/c1-3-17-11(14)7-18-12(15)9-6-8(13)4-5-10(9)16-2/h4-6H,3,7,13H2,1-2H3. The molecule has 0 unspecified atom stereocenters. The SMILES string of the molecule is CCOC(=O)COC(=O)c1cc(N)ccc1OC. The van der Waals surface area contributed by atoms with Crippen LogP contribution in [-0.4, -0.2) is 32.3 Å². The molecule has 0 atom stereocenters. The first-order valence-corrected chi connectivity index (χ1v) is 5.34. The first-order chi connectivity index (χ1) is 8.58. The van der Waals surface area contributed by atoms with E-state index in [2.05, 4.69) is 4.74 Å². The first-order valence-electron chi connectivity index (χ1n) is 5.34. The van der Waals surface area contributed by atoms with Gasteiger partial charge in [-0.05, 0) is 25.1 Å². The lowest BCUT2D eigenvalue weighted by Gasteiger charge is -2.09. The van der Waals surface area contributed by atoms with Crippen molar-refractivity contribution in [3.05, 3.63) is 23.8 Å². The Balaban J connectivity index is 2.71. The molecule has 0 amide bonds. The van der Waals surface area contributed by atoms with E-state index >= 15 is 0 Å². The summed E-state index contributed by atoms with van der Waals surface area (Å²) in [6.45, 7) is 1.46. The van der Waals surface area contributed by atoms with Crippen molar-refractivity contribution in [3.63, 3.8) is 0 Å². The molecule has 18 heavy (non-hydrogen) atoms. The van der Waals surface area contributed by atoms with Crippen molar-refractivity contribution in [2.24, 2.45) is 0 Å². The van der Waals surface area contributed by atoms with E-state index < -0.39 is 18.5 Å². The molecule has 0 aliphatic rings. The van der Waals surface area contributed by atoms with E-state index in [0.717, 1.165) is 0 Å². The number of benzene rings is 1. The highest BCUT2D eigenvalue weighted by atomic mass is 16.6. The van der Waals surface area contributed by atoms with Gasteiger partial charge in [-0.15, -0.1) is 0 Å². The first kappa shape index (κ1) is 13.8. The average molecular weight is 253 g/mol. The Morgan fingerprint density at radius 3 is 2.61 bits per heavy atom. The zero-order valence-corrected chi connectivity index (χ0v) is 10.3. The van der Waals surface area contributed by atoms with Crippen molar-refractivity contribution in [1.82, 2.24) is 0 Å². The second-order valence-corrected chi connectivity index (χ2v) is 3.34. The third-order valence-electron chi connectivity index (χ3n) is 2.07. The highest BCUT2D eigenvalue weighted by Crippen LogP contribution is 2.21. The van der Waals surface area contributed by atoms with Crippen molar-refractivity contribution >= 4 is 17.6 Å². The summed E-state index contributed by atoms with van der Waals surface area (Å²) in [5.74, 6) is -0.959. The fourth-order valence-corrected chi connectivity index (χ4v) is 1.29. The molecule has 0 aliphatic heterocycles. The van der Waals surface area contributed by atoms with Crippen molar-refractivity contribution in [1.29, 1.82) is 0 Å². The number of rotatable bonds is 5. The average Bonchev–Trinajstić information content (AvgIpc) is 2.36. The molecule has 1 rings (SSSR count). The van der Waals surface area contributed by atoms with E-state index in [1.54, 1.807) is 19.1 Å². The van der Waals surface area contributed by atoms with E-state index in [0.29, 0.717) is 11.4 Å². The van der Waals surface area contributed by atoms with Crippen LogP contribution in [0.1, 0.15) is 17.3 Å². The zero-order chi connectivity index (χ0) is 13.5. The van der Waals surface area contributed by atoms with E-state index in [4.69, 9.17) is 15.2 Å². The quantitative estimate of drug-likeness (QED) is 0.622. The van der Waals surface area contributed by atoms with Crippen LogP contribution in [-0.2, 0) is 14.3 Å². The van der Waals surface area contributed by atoms with Crippen LogP contribution in [0, 0.1) is 0 Å². The normalized spacial score (nSPS) is 9.67. The summed E-state index contributed by atoms with van der Waals surface area (Å²) in [4.78, 5) is 22.8. The molecule has 1 aromatic rings. The minimum atomic E-state index is -0.688. The molecule has 0 bridgehead atoms. The van der Waals surface area contributed by atoms with Gasteiger partial charge < -0.3 is 19.9 Å². The van der Waals surface area contributed by atoms with Crippen LogP contribution in [0.15, 0.2) is 18.2 Å². The van der Waals surface area contributed by atoms with Gasteiger partial charge in [-0.25, -0.2) is 9.59 Å². The largest absolute Gasteiger partial charge is 0.496 e. The third kappa shape index (κ3) is 3.65. The maximum Gasteiger partial charge on any atom is 0.344 e. The summed E-state index contributed by atoms with van der Waals surface area (Å²) in [6.07, 6.45) is 0. The minimum Gasteiger partial charge on any atom is -0.496 e. The summed E-state index contributed by atoms with van der Waals surface area (Å²) in [7, 11) is 1.42. The summed E-state index contributed by atoms with van der Waals surface area (Å²) >= 11 is 0. The van der Waals surface area contributed by atoms with Gasteiger partial charge in [-0.3, -0.25) is 0 Å². The highest BCUT2D eigenvalue weighted by Gasteiger charge is 2.15.